The van der Waals surface area contributed by atoms with E-state index in [0.717, 1.165) is 4.52 Å². The number of alkyl halides is 3. The zero-order valence-corrected chi connectivity index (χ0v) is 15.5. The van der Waals surface area contributed by atoms with Crippen LogP contribution in [0.5, 0.6) is 0 Å². The molecule has 0 saturated heterocycles. The molecule has 1 N–H and O–H groups in total. The van der Waals surface area contributed by atoms with Crippen molar-refractivity contribution in [3.05, 3.63) is 76.3 Å². The van der Waals surface area contributed by atoms with Gasteiger partial charge in [0.25, 0.3) is 5.56 Å². The molecule has 0 aliphatic heterocycles. The highest BCUT2D eigenvalue weighted by Crippen LogP contribution is 2.38. The highest BCUT2D eigenvalue weighted by Gasteiger charge is 2.39. The van der Waals surface area contributed by atoms with E-state index in [2.05, 4.69) is 15.1 Å². The van der Waals surface area contributed by atoms with Crippen molar-refractivity contribution >= 4 is 16.7 Å². The first-order chi connectivity index (χ1) is 14.3. The molecule has 0 amide bonds. The molecule has 0 fully saturated rings. The van der Waals surface area contributed by atoms with E-state index in [0.29, 0.717) is 22.4 Å². The van der Waals surface area contributed by atoms with Gasteiger partial charge in [0, 0.05) is 5.69 Å². The van der Waals surface area contributed by atoms with Crippen molar-refractivity contribution in [2.24, 2.45) is 0 Å². The van der Waals surface area contributed by atoms with Crippen LogP contribution in [0.3, 0.4) is 0 Å². The molecule has 0 atom stereocenters. The van der Waals surface area contributed by atoms with Crippen LogP contribution in [0.1, 0.15) is 11.4 Å². The molecule has 3 aromatic heterocycles. The van der Waals surface area contributed by atoms with Crippen LogP contribution < -0.4 is 5.56 Å². The number of nitrogens with one attached hydrogen (secondary N) is 1. The average molecular weight is 410 g/mol. The highest BCUT2D eigenvalue weighted by molar-refractivity contribution is 5.82. The maximum absolute atomic E-state index is 13.7. The molecule has 5 rings (SSSR count). The molecule has 3 heterocycles. The summed E-state index contributed by atoms with van der Waals surface area (Å²) in [5.74, 6) is 0.0159. The number of benzene rings is 2. The highest BCUT2D eigenvalue weighted by atomic mass is 19.4. The van der Waals surface area contributed by atoms with Crippen molar-refractivity contribution in [3.8, 4) is 22.6 Å². The number of oxazole rings is 1. The van der Waals surface area contributed by atoms with E-state index in [1.54, 1.807) is 49.4 Å². The van der Waals surface area contributed by atoms with Crippen LogP contribution >= 0.6 is 0 Å². The monoisotopic (exact) mass is 410 g/mol. The van der Waals surface area contributed by atoms with Gasteiger partial charge in [0.15, 0.2) is 11.3 Å². The number of hydrogen-bond acceptors (Lipinski definition) is 4. The van der Waals surface area contributed by atoms with Crippen molar-refractivity contribution < 1.29 is 17.6 Å². The lowest BCUT2D eigenvalue weighted by Gasteiger charge is -2.07. The van der Waals surface area contributed by atoms with Gasteiger partial charge in [0.1, 0.15) is 16.7 Å². The van der Waals surface area contributed by atoms with Crippen LogP contribution in [0.15, 0.2) is 63.8 Å². The Bertz CT molecular complexity index is 1430. The quantitative estimate of drug-likeness (QED) is 0.453. The van der Waals surface area contributed by atoms with E-state index < -0.39 is 17.4 Å². The van der Waals surface area contributed by atoms with E-state index in [-0.39, 0.29) is 22.7 Å². The number of rotatable bonds is 2. The van der Waals surface area contributed by atoms with E-state index in [9.17, 15) is 18.0 Å². The first-order valence-electron chi connectivity index (χ1n) is 8.99. The molecule has 6 nitrogen and oxygen atoms in total. The van der Waals surface area contributed by atoms with Gasteiger partial charge in [-0.15, -0.1) is 0 Å². The number of H-pyrrole nitrogens is 1. The van der Waals surface area contributed by atoms with E-state index in [1.807, 2.05) is 0 Å². The van der Waals surface area contributed by atoms with Crippen LogP contribution in [0.25, 0.3) is 39.3 Å². The predicted molar refractivity (Wildman–Crippen MR) is 104 cm³/mol. The summed E-state index contributed by atoms with van der Waals surface area (Å²) in [4.78, 5) is 20.4. The maximum atomic E-state index is 13.7. The number of halogens is 3. The summed E-state index contributed by atoms with van der Waals surface area (Å²) in [5, 5.41) is 3.62. The molecule has 0 bridgehead atoms. The van der Waals surface area contributed by atoms with Gasteiger partial charge in [-0.2, -0.15) is 22.8 Å². The van der Waals surface area contributed by atoms with Crippen molar-refractivity contribution in [2.45, 2.75) is 13.1 Å². The van der Waals surface area contributed by atoms with Gasteiger partial charge in [-0.1, -0.05) is 42.5 Å². The Morgan fingerprint density at radius 3 is 2.40 bits per heavy atom. The Morgan fingerprint density at radius 2 is 1.70 bits per heavy atom. The van der Waals surface area contributed by atoms with Gasteiger partial charge in [0.2, 0.25) is 5.89 Å². The Balaban J connectivity index is 1.84. The molecule has 0 unspecified atom stereocenters. The van der Waals surface area contributed by atoms with Crippen LogP contribution in [-0.4, -0.2) is 19.6 Å². The molecule has 5 aromatic rings. The number of aromatic nitrogens is 4. The van der Waals surface area contributed by atoms with E-state index in [4.69, 9.17) is 4.42 Å². The largest absolute Gasteiger partial charge is 0.436 e. The summed E-state index contributed by atoms with van der Waals surface area (Å²) in [7, 11) is 0. The number of hydrogen-bond donors (Lipinski definition) is 1. The zero-order valence-electron chi connectivity index (χ0n) is 15.5. The smallest absolute Gasteiger partial charge is 0.435 e. The SMILES string of the molecule is Cc1[nH]c2c(-c3ccccc3)c(C(F)(F)F)nn2c(=O)c1-c1nc2ccccc2o1. The third kappa shape index (κ3) is 2.70. The molecule has 0 aliphatic rings. The molecule has 0 saturated carbocycles. The fourth-order valence-electron chi connectivity index (χ4n) is 3.49. The van der Waals surface area contributed by atoms with Crippen molar-refractivity contribution in [1.29, 1.82) is 0 Å². The van der Waals surface area contributed by atoms with Gasteiger partial charge in [-0.25, -0.2) is 4.98 Å². The lowest BCUT2D eigenvalue weighted by atomic mass is 10.1. The van der Waals surface area contributed by atoms with E-state index in [1.165, 1.54) is 12.1 Å². The van der Waals surface area contributed by atoms with Gasteiger partial charge in [0.05, 0.1) is 5.56 Å². The number of para-hydroxylation sites is 2. The summed E-state index contributed by atoms with van der Waals surface area (Å²) in [6.07, 6.45) is -4.75. The molecule has 0 spiro atoms. The van der Waals surface area contributed by atoms with Gasteiger partial charge in [-0.05, 0) is 24.6 Å². The second-order valence-electron chi connectivity index (χ2n) is 6.76. The lowest BCUT2D eigenvalue weighted by Crippen LogP contribution is -2.19. The molecule has 9 heteroatoms. The lowest BCUT2D eigenvalue weighted by molar-refractivity contribution is -0.140. The topological polar surface area (TPSA) is 76.2 Å². The predicted octanol–water partition coefficient (Wildman–Crippen LogP) is 4.83. The van der Waals surface area contributed by atoms with Crippen molar-refractivity contribution in [2.75, 3.05) is 0 Å². The molecule has 2 aromatic carbocycles. The molecule has 0 aliphatic carbocycles. The van der Waals surface area contributed by atoms with Crippen LogP contribution in [0.4, 0.5) is 13.2 Å². The van der Waals surface area contributed by atoms with Crippen LogP contribution in [-0.2, 0) is 6.18 Å². The average Bonchev–Trinajstić information content (AvgIpc) is 3.30. The molecule has 0 radical (unpaired) electrons. The maximum Gasteiger partial charge on any atom is 0.435 e. The minimum atomic E-state index is -4.75. The number of fused-ring (bicyclic) bond motifs is 2. The summed E-state index contributed by atoms with van der Waals surface area (Å²) >= 11 is 0. The van der Waals surface area contributed by atoms with Crippen molar-refractivity contribution in [1.82, 2.24) is 19.6 Å². The minimum absolute atomic E-state index is 0.0159. The minimum Gasteiger partial charge on any atom is -0.436 e. The third-order valence-electron chi connectivity index (χ3n) is 4.81. The fraction of sp³-hybridized carbons (Fsp3) is 0.0952. The molecular weight excluding hydrogens is 397 g/mol. The first-order valence-corrected chi connectivity index (χ1v) is 8.99. The fourth-order valence-corrected chi connectivity index (χ4v) is 3.49. The molecule has 30 heavy (non-hydrogen) atoms. The van der Waals surface area contributed by atoms with Gasteiger partial charge in [-0.3, -0.25) is 4.79 Å². The zero-order chi connectivity index (χ0) is 21.0. The normalized spacial score (nSPS) is 12.1. The Morgan fingerprint density at radius 1 is 1.00 bits per heavy atom. The summed E-state index contributed by atoms with van der Waals surface area (Å²) in [6, 6.07) is 14.9. The van der Waals surface area contributed by atoms with Gasteiger partial charge >= 0.3 is 6.18 Å². The Kier molecular flexibility index (Phi) is 3.82. The Labute approximate surface area is 166 Å². The van der Waals surface area contributed by atoms with Gasteiger partial charge < -0.3 is 9.40 Å². The second kappa shape index (κ2) is 6.31. The number of aryl methyl sites for hydroxylation is 1. The van der Waals surface area contributed by atoms with Crippen LogP contribution in [0.2, 0.25) is 0 Å². The summed E-state index contributed by atoms with van der Waals surface area (Å²) < 4.78 is 47.6. The summed E-state index contributed by atoms with van der Waals surface area (Å²) in [5.41, 5.74) is -0.482. The standard InChI is InChI=1S/C21H13F3N4O2/c1-11-15(19-26-13-9-5-6-10-14(13)30-19)20(29)28-18(25-11)16(12-7-3-2-4-8-12)17(27-28)21(22,23)24/h2-10,25H,1H3. The second-order valence-corrected chi connectivity index (χ2v) is 6.76. The summed E-state index contributed by atoms with van der Waals surface area (Å²) in [6.45, 7) is 1.58. The van der Waals surface area contributed by atoms with Crippen molar-refractivity contribution in [3.63, 3.8) is 0 Å². The molecular formula is C21H13F3N4O2. The number of nitrogens with zero attached hydrogens (tertiary/aromatic N) is 3. The molecule has 150 valence electrons. The Hall–Kier alpha value is -3.88. The third-order valence-corrected chi connectivity index (χ3v) is 4.81. The van der Waals surface area contributed by atoms with Crippen LogP contribution in [0, 0.1) is 6.92 Å². The number of aromatic amines is 1. The first kappa shape index (κ1) is 18.2. The van der Waals surface area contributed by atoms with E-state index >= 15 is 0 Å².